The van der Waals surface area contributed by atoms with Crippen LogP contribution in [0.15, 0.2) is 21.3 Å². The maximum absolute atomic E-state index is 11.7. The number of carbonyl (C=O) groups is 1. The van der Waals surface area contributed by atoms with E-state index >= 15 is 0 Å². The van der Waals surface area contributed by atoms with Gasteiger partial charge in [-0.2, -0.15) is 0 Å². The van der Waals surface area contributed by atoms with E-state index in [1.807, 2.05) is 0 Å². The zero-order valence-corrected chi connectivity index (χ0v) is 10.4. The molecule has 1 heterocycles. The van der Waals surface area contributed by atoms with E-state index in [2.05, 4.69) is 0 Å². The summed E-state index contributed by atoms with van der Waals surface area (Å²) in [4.78, 5) is 22.5. The Morgan fingerprint density at radius 2 is 2.11 bits per heavy atom. The minimum absolute atomic E-state index is 0.0731. The number of benzene rings is 1. The summed E-state index contributed by atoms with van der Waals surface area (Å²) in [5.74, 6) is -0.895. The first-order chi connectivity index (χ1) is 8.93. The van der Waals surface area contributed by atoms with Crippen LogP contribution in [0, 0.1) is 6.92 Å². The Kier molecular flexibility index (Phi) is 3.16. The number of phenolic OH excluding ortho intramolecular Hbond substituents is 1. The zero-order chi connectivity index (χ0) is 14.2. The highest BCUT2D eigenvalue weighted by atomic mass is 16.5. The number of fused-ring (bicyclic) bond motifs is 1. The molecule has 0 spiro atoms. The van der Waals surface area contributed by atoms with Crippen molar-refractivity contribution in [1.29, 1.82) is 0 Å². The summed E-state index contributed by atoms with van der Waals surface area (Å²) in [5, 5.41) is 18.8. The van der Waals surface area contributed by atoms with Crippen LogP contribution in [0.25, 0.3) is 11.0 Å². The van der Waals surface area contributed by atoms with Gasteiger partial charge in [-0.05, 0) is 12.5 Å². The molecular formula is C13H12O6. The number of hydrogen-bond donors (Lipinski definition) is 2. The largest absolute Gasteiger partial charge is 0.508 e. The Balaban J connectivity index is 2.86. The fraction of sp³-hybridized carbons (Fsp3) is 0.231. The van der Waals surface area contributed by atoms with Gasteiger partial charge in [-0.15, -0.1) is 0 Å². The van der Waals surface area contributed by atoms with Crippen LogP contribution >= 0.6 is 0 Å². The Labute approximate surface area is 107 Å². The molecule has 0 saturated heterocycles. The van der Waals surface area contributed by atoms with Gasteiger partial charge < -0.3 is 19.4 Å². The van der Waals surface area contributed by atoms with Crippen molar-refractivity contribution in [1.82, 2.24) is 0 Å². The summed E-state index contributed by atoms with van der Waals surface area (Å²) >= 11 is 0. The number of aromatic hydroxyl groups is 1. The SMILES string of the molecule is COc1cc(O)cc2oc(=O)c(CC(=O)O)c(C)c12. The minimum atomic E-state index is -1.12. The van der Waals surface area contributed by atoms with Gasteiger partial charge in [-0.1, -0.05) is 0 Å². The highest BCUT2D eigenvalue weighted by Crippen LogP contribution is 2.33. The minimum Gasteiger partial charge on any atom is -0.508 e. The van der Waals surface area contributed by atoms with Gasteiger partial charge in [0.25, 0.3) is 0 Å². The second kappa shape index (κ2) is 4.64. The van der Waals surface area contributed by atoms with Crippen molar-refractivity contribution in [2.75, 3.05) is 7.11 Å². The highest BCUT2D eigenvalue weighted by Gasteiger charge is 2.17. The fourth-order valence-electron chi connectivity index (χ4n) is 2.01. The first-order valence-electron chi connectivity index (χ1n) is 5.49. The number of aliphatic carboxylic acids is 1. The van der Waals surface area contributed by atoms with E-state index in [-0.39, 0.29) is 16.9 Å². The lowest BCUT2D eigenvalue weighted by Gasteiger charge is -2.10. The molecule has 0 atom stereocenters. The quantitative estimate of drug-likeness (QED) is 0.814. The topological polar surface area (TPSA) is 97.0 Å². The van der Waals surface area contributed by atoms with Crippen molar-refractivity contribution in [3.63, 3.8) is 0 Å². The second-order valence-electron chi connectivity index (χ2n) is 4.08. The Hall–Kier alpha value is -2.50. The third-order valence-corrected chi connectivity index (χ3v) is 2.88. The van der Waals surface area contributed by atoms with Crippen LogP contribution < -0.4 is 10.4 Å². The van der Waals surface area contributed by atoms with Crippen molar-refractivity contribution in [3.05, 3.63) is 33.7 Å². The van der Waals surface area contributed by atoms with E-state index in [4.69, 9.17) is 14.3 Å². The van der Waals surface area contributed by atoms with Crippen LogP contribution in [0.2, 0.25) is 0 Å². The molecule has 6 nitrogen and oxygen atoms in total. The van der Waals surface area contributed by atoms with Crippen LogP contribution in [0.4, 0.5) is 0 Å². The maximum Gasteiger partial charge on any atom is 0.340 e. The number of phenols is 1. The molecule has 1 aromatic heterocycles. The average molecular weight is 264 g/mol. The van der Waals surface area contributed by atoms with Crippen LogP contribution in [0.5, 0.6) is 11.5 Å². The molecule has 0 amide bonds. The fourth-order valence-corrected chi connectivity index (χ4v) is 2.01. The molecule has 0 saturated carbocycles. The molecular weight excluding hydrogens is 252 g/mol. The molecule has 19 heavy (non-hydrogen) atoms. The molecule has 0 aliphatic heterocycles. The number of carboxylic acid groups (broad SMARTS) is 1. The number of hydrogen-bond acceptors (Lipinski definition) is 5. The van der Waals surface area contributed by atoms with Crippen LogP contribution in [-0.4, -0.2) is 23.3 Å². The molecule has 0 aliphatic rings. The van der Waals surface area contributed by atoms with E-state index in [1.165, 1.54) is 19.2 Å². The van der Waals surface area contributed by atoms with Crippen LogP contribution in [0.3, 0.4) is 0 Å². The molecule has 0 radical (unpaired) electrons. The number of carboxylic acids is 1. The maximum atomic E-state index is 11.7. The molecule has 2 rings (SSSR count). The highest BCUT2D eigenvalue weighted by molar-refractivity contribution is 5.89. The molecule has 100 valence electrons. The van der Waals surface area contributed by atoms with E-state index in [0.717, 1.165) is 0 Å². The summed E-state index contributed by atoms with van der Waals surface area (Å²) in [6, 6.07) is 2.66. The first-order valence-corrected chi connectivity index (χ1v) is 5.49. The first kappa shape index (κ1) is 12.9. The summed E-state index contributed by atoms with van der Waals surface area (Å²) in [7, 11) is 1.41. The number of rotatable bonds is 3. The number of ether oxygens (including phenoxy) is 1. The van der Waals surface area contributed by atoms with Gasteiger partial charge in [0.1, 0.15) is 17.1 Å². The number of methoxy groups -OCH3 is 1. The van der Waals surface area contributed by atoms with Crippen molar-refractivity contribution in [3.8, 4) is 11.5 Å². The van der Waals surface area contributed by atoms with Crippen molar-refractivity contribution in [2.24, 2.45) is 0 Å². The van der Waals surface area contributed by atoms with Crippen LogP contribution in [-0.2, 0) is 11.2 Å². The molecule has 2 N–H and O–H groups in total. The predicted molar refractivity (Wildman–Crippen MR) is 66.8 cm³/mol. The summed E-state index contributed by atoms with van der Waals surface area (Å²) < 4.78 is 10.2. The lowest BCUT2D eigenvalue weighted by molar-refractivity contribution is -0.136. The van der Waals surface area contributed by atoms with Gasteiger partial charge in [-0.25, -0.2) is 4.79 Å². The van der Waals surface area contributed by atoms with Gasteiger partial charge in [0.2, 0.25) is 0 Å². The standard InChI is InChI=1S/C13H12O6/c1-6-8(5-11(15)16)13(17)19-10-4-7(14)3-9(18-2)12(6)10/h3-4,14H,5H2,1-2H3,(H,15,16). The third-order valence-electron chi connectivity index (χ3n) is 2.88. The van der Waals surface area contributed by atoms with E-state index in [9.17, 15) is 14.7 Å². The Morgan fingerprint density at radius 1 is 1.42 bits per heavy atom. The zero-order valence-electron chi connectivity index (χ0n) is 10.4. The van der Waals surface area contributed by atoms with E-state index < -0.39 is 18.0 Å². The van der Waals surface area contributed by atoms with Gasteiger partial charge in [0.05, 0.1) is 24.5 Å². The second-order valence-corrected chi connectivity index (χ2v) is 4.08. The molecule has 0 aliphatic carbocycles. The van der Waals surface area contributed by atoms with Gasteiger partial charge in [-0.3, -0.25) is 4.79 Å². The monoisotopic (exact) mass is 264 g/mol. The van der Waals surface area contributed by atoms with Gasteiger partial charge in [0, 0.05) is 12.1 Å². The molecule has 6 heteroatoms. The summed E-state index contributed by atoms with van der Waals surface area (Å²) in [5.41, 5.74) is -0.0111. The van der Waals surface area contributed by atoms with Gasteiger partial charge in [0.15, 0.2) is 0 Å². The Bertz CT molecular complexity index is 713. The van der Waals surface area contributed by atoms with Crippen molar-refractivity contribution >= 4 is 16.9 Å². The summed E-state index contributed by atoms with van der Waals surface area (Å²) in [6.07, 6.45) is -0.422. The molecule has 2 aromatic rings. The third kappa shape index (κ3) is 2.24. The lowest BCUT2D eigenvalue weighted by Crippen LogP contribution is -2.15. The predicted octanol–water partition coefficient (Wildman–Crippen LogP) is 1.44. The molecule has 0 fully saturated rings. The summed E-state index contributed by atoms with van der Waals surface area (Å²) in [6.45, 7) is 1.62. The normalized spacial score (nSPS) is 10.6. The number of aryl methyl sites for hydroxylation is 1. The Morgan fingerprint density at radius 3 is 2.68 bits per heavy atom. The van der Waals surface area contributed by atoms with Crippen molar-refractivity contribution in [2.45, 2.75) is 13.3 Å². The molecule has 0 bridgehead atoms. The smallest absolute Gasteiger partial charge is 0.340 e. The molecule has 0 unspecified atom stereocenters. The molecule has 1 aromatic carbocycles. The van der Waals surface area contributed by atoms with Crippen molar-refractivity contribution < 1.29 is 24.2 Å². The lowest BCUT2D eigenvalue weighted by atomic mass is 10.0. The van der Waals surface area contributed by atoms with E-state index in [1.54, 1.807) is 6.92 Å². The van der Waals surface area contributed by atoms with Crippen LogP contribution in [0.1, 0.15) is 11.1 Å². The average Bonchev–Trinajstić information content (AvgIpc) is 2.32. The van der Waals surface area contributed by atoms with E-state index in [0.29, 0.717) is 16.7 Å². The van der Waals surface area contributed by atoms with Gasteiger partial charge >= 0.3 is 11.6 Å².